The predicted molar refractivity (Wildman–Crippen MR) is 129 cm³/mol. The van der Waals surface area contributed by atoms with Gasteiger partial charge >= 0.3 is 0 Å². The lowest BCUT2D eigenvalue weighted by Crippen LogP contribution is -2.34. The third-order valence-corrected chi connectivity index (χ3v) is 4.57. The minimum absolute atomic E-state index is 0.120. The molecular formula is C24H28N6O. The second kappa shape index (κ2) is 12.0. The van der Waals surface area contributed by atoms with Gasteiger partial charge in [0.05, 0.1) is 12.7 Å². The van der Waals surface area contributed by atoms with Crippen molar-refractivity contribution < 1.29 is 4.79 Å². The number of Topliss-reactive ketones (excluding diaryl/α,β-unsaturated/α-hetero) is 1. The Morgan fingerprint density at radius 3 is 2.35 bits per heavy atom. The number of carbonyl (C=O) groups excluding carboxylic acids is 1. The van der Waals surface area contributed by atoms with Gasteiger partial charge in [0, 0.05) is 43.9 Å². The fraction of sp³-hybridized carbons (Fsp3) is 0.167. The Balaban J connectivity index is 2.46. The molecule has 0 aromatic heterocycles. The zero-order chi connectivity index (χ0) is 22.6. The zero-order valence-electron chi connectivity index (χ0n) is 17.8. The standard InChI is InChI=1S/C24H28N6O/c1-27-14-20(13-25)18-10-7-11-19(12-18)23(30-16-29-3)24(31)22(26)21(15-28-2)17-8-5-4-6-9-17/h4-15,23,25-28,30H,3,16H2,1-2H3/b20-14+,21-15-,25-13?,26-22?. The smallest absolute Gasteiger partial charge is 0.202 e. The predicted octanol–water partition coefficient (Wildman–Crippen LogP) is 3.03. The molecule has 160 valence electrons. The Kier molecular flexibility index (Phi) is 9.07. The van der Waals surface area contributed by atoms with Gasteiger partial charge in [-0.2, -0.15) is 0 Å². The van der Waals surface area contributed by atoms with Crippen molar-refractivity contribution in [3.63, 3.8) is 0 Å². The average Bonchev–Trinajstić information content (AvgIpc) is 2.81. The van der Waals surface area contributed by atoms with Gasteiger partial charge in [0.25, 0.3) is 0 Å². The number of nitrogens with zero attached hydrogens (tertiary/aromatic N) is 1. The normalized spacial score (nSPS) is 12.6. The molecule has 5 N–H and O–H groups in total. The second-order valence-electron chi connectivity index (χ2n) is 6.63. The van der Waals surface area contributed by atoms with E-state index < -0.39 is 6.04 Å². The van der Waals surface area contributed by atoms with Crippen LogP contribution in [-0.4, -0.2) is 45.2 Å². The maximum absolute atomic E-state index is 13.4. The highest BCUT2D eigenvalue weighted by atomic mass is 16.1. The summed E-state index contributed by atoms with van der Waals surface area (Å²) in [7, 11) is 3.49. The van der Waals surface area contributed by atoms with Crippen molar-refractivity contribution in [1.82, 2.24) is 16.0 Å². The molecule has 0 heterocycles. The molecule has 7 nitrogen and oxygen atoms in total. The molecule has 0 saturated carbocycles. The number of hydrogen-bond acceptors (Lipinski definition) is 7. The van der Waals surface area contributed by atoms with Gasteiger partial charge in [-0.15, -0.1) is 0 Å². The SMILES string of the molecule is C=NCNC(C(=O)C(=N)/C(=C\NC)c1ccccc1)c1cccc(/C(C=N)=C/NC)c1. The summed E-state index contributed by atoms with van der Waals surface area (Å²) in [6.45, 7) is 3.64. The molecule has 2 rings (SSSR count). The Morgan fingerprint density at radius 1 is 1.06 bits per heavy atom. The van der Waals surface area contributed by atoms with Crippen LogP contribution >= 0.6 is 0 Å². The topological polar surface area (TPSA) is 113 Å². The van der Waals surface area contributed by atoms with Crippen LogP contribution in [0.5, 0.6) is 0 Å². The van der Waals surface area contributed by atoms with Crippen molar-refractivity contribution in [1.29, 1.82) is 10.8 Å². The van der Waals surface area contributed by atoms with Crippen molar-refractivity contribution in [3.8, 4) is 0 Å². The fourth-order valence-corrected chi connectivity index (χ4v) is 3.12. The lowest BCUT2D eigenvalue weighted by atomic mass is 9.91. The van der Waals surface area contributed by atoms with Crippen molar-refractivity contribution in [2.24, 2.45) is 4.99 Å². The van der Waals surface area contributed by atoms with E-state index in [1.54, 1.807) is 26.5 Å². The number of ketones is 1. The first kappa shape index (κ1) is 23.4. The van der Waals surface area contributed by atoms with Gasteiger partial charge in [0.1, 0.15) is 5.71 Å². The number of benzene rings is 2. The summed E-state index contributed by atoms with van der Waals surface area (Å²) in [5.74, 6) is -0.389. The molecule has 2 aromatic carbocycles. The highest BCUT2D eigenvalue weighted by molar-refractivity contribution is 6.56. The monoisotopic (exact) mass is 416 g/mol. The number of nitrogens with one attached hydrogen (secondary N) is 5. The largest absolute Gasteiger partial charge is 0.393 e. The van der Waals surface area contributed by atoms with Gasteiger partial charge in [-0.05, 0) is 29.5 Å². The van der Waals surface area contributed by atoms with E-state index in [1.807, 2.05) is 54.6 Å². The first-order valence-corrected chi connectivity index (χ1v) is 9.77. The molecule has 0 aliphatic carbocycles. The summed E-state index contributed by atoms with van der Waals surface area (Å²) in [6.07, 6.45) is 4.61. The van der Waals surface area contributed by atoms with E-state index in [1.165, 1.54) is 6.21 Å². The molecule has 0 aliphatic rings. The third kappa shape index (κ3) is 6.07. The number of allylic oxidation sites excluding steroid dienone is 2. The third-order valence-electron chi connectivity index (χ3n) is 4.57. The molecule has 0 radical (unpaired) electrons. The van der Waals surface area contributed by atoms with E-state index in [0.717, 1.165) is 11.1 Å². The van der Waals surface area contributed by atoms with Crippen molar-refractivity contribution in [2.45, 2.75) is 6.04 Å². The average molecular weight is 417 g/mol. The summed E-state index contributed by atoms with van der Waals surface area (Å²) < 4.78 is 0. The van der Waals surface area contributed by atoms with Crippen LogP contribution in [-0.2, 0) is 4.79 Å². The van der Waals surface area contributed by atoms with E-state index in [9.17, 15) is 4.79 Å². The molecule has 0 fully saturated rings. The number of hydrogen-bond donors (Lipinski definition) is 5. The Labute approximate surface area is 183 Å². The lowest BCUT2D eigenvalue weighted by Gasteiger charge is -2.20. The van der Waals surface area contributed by atoms with E-state index in [-0.39, 0.29) is 18.2 Å². The van der Waals surface area contributed by atoms with Crippen molar-refractivity contribution in [2.75, 3.05) is 20.8 Å². The first-order valence-electron chi connectivity index (χ1n) is 9.77. The minimum atomic E-state index is -0.788. The maximum atomic E-state index is 13.4. The highest BCUT2D eigenvalue weighted by Crippen LogP contribution is 2.23. The summed E-state index contributed by atoms with van der Waals surface area (Å²) in [5, 5.41) is 25.2. The Morgan fingerprint density at radius 2 is 1.74 bits per heavy atom. The van der Waals surface area contributed by atoms with Crippen LogP contribution in [0, 0.1) is 10.8 Å². The lowest BCUT2D eigenvalue weighted by molar-refractivity contribution is -0.114. The van der Waals surface area contributed by atoms with Crippen molar-refractivity contribution in [3.05, 3.63) is 83.7 Å². The second-order valence-corrected chi connectivity index (χ2v) is 6.63. The fourth-order valence-electron chi connectivity index (χ4n) is 3.12. The van der Waals surface area contributed by atoms with Gasteiger partial charge in [-0.25, -0.2) is 0 Å². The van der Waals surface area contributed by atoms with Crippen LogP contribution in [0.25, 0.3) is 11.1 Å². The summed E-state index contributed by atoms with van der Waals surface area (Å²) in [6, 6.07) is 15.9. The molecule has 1 atom stereocenters. The van der Waals surface area contributed by atoms with Gasteiger partial charge in [0.2, 0.25) is 5.78 Å². The molecule has 0 amide bonds. The van der Waals surface area contributed by atoms with Crippen LogP contribution in [0.2, 0.25) is 0 Å². The molecule has 0 bridgehead atoms. The minimum Gasteiger partial charge on any atom is -0.393 e. The Bertz CT molecular complexity index is 994. The maximum Gasteiger partial charge on any atom is 0.202 e. The van der Waals surface area contributed by atoms with Crippen molar-refractivity contribution >= 4 is 35.6 Å². The van der Waals surface area contributed by atoms with Gasteiger partial charge in [-0.3, -0.25) is 20.5 Å². The number of carbonyl (C=O) groups is 1. The van der Waals surface area contributed by atoms with Gasteiger partial charge in [0.15, 0.2) is 0 Å². The summed E-state index contributed by atoms with van der Waals surface area (Å²) in [4.78, 5) is 17.2. The number of aliphatic imine (C=N–C) groups is 1. The first-order chi connectivity index (χ1) is 15.1. The molecule has 1 unspecified atom stereocenters. The van der Waals surface area contributed by atoms with E-state index >= 15 is 0 Å². The molecule has 0 aliphatic heterocycles. The number of rotatable bonds is 12. The Hall–Kier alpha value is -3.84. The molecular weight excluding hydrogens is 388 g/mol. The van der Waals surface area contributed by atoms with Crippen LogP contribution < -0.4 is 16.0 Å². The van der Waals surface area contributed by atoms with Crippen LogP contribution in [0.4, 0.5) is 0 Å². The molecule has 7 heteroatoms. The quantitative estimate of drug-likeness (QED) is 0.342. The van der Waals surface area contributed by atoms with Gasteiger partial charge < -0.3 is 16.0 Å². The highest BCUT2D eigenvalue weighted by Gasteiger charge is 2.27. The van der Waals surface area contributed by atoms with E-state index in [2.05, 4.69) is 27.7 Å². The van der Waals surface area contributed by atoms with E-state index in [0.29, 0.717) is 16.7 Å². The molecule has 0 saturated heterocycles. The van der Waals surface area contributed by atoms with Crippen LogP contribution in [0.1, 0.15) is 22.7 Å². The summed E-state index contributed by atoms with van der Waals surface area (Å²) in [5.41, 5.74) is 3.29. The molecule has 31 heavy (non-hydrogen) atoms. The van der Waals surface area contributed by atoms with Crippen LogP contribution in [0.15, 0.2) is 72.0 Å². The van der Waals surface area contributed by atoms with Crippen LogP contribution in [0.3, 0.4) is 0 Å². The molecule has 2 aromatic rings. The van der Waals surface area contributed by atoms with Gasteiger partial charge in [-0.1, -0.05) is 48.5 Å². The molecule has 0 spiro atoms. The summed E-state index contributed by atoms with van der Waals surface area (Å²) >= 11 is 0. The van der Waals surface area contributed by atoms with E-state index in [4.69, 9.17) is 10.8 Å². The zero-order valence-corrected chi connectivity index (χ0v) is 17.8.